The summed E-state index contributed by atoms with van der Waals surface area (Å²) < 4.78 is 0. The highest BCUT2D eigenvalue weighted by molar-refractivity contribution is 5.44. The summed E-state index contributed by atoms with van der Waals surface area (Å²) in [6.07, 6.45) is 3.99. The van der Waals surface area contributed by atoms with Crippen LogP contribution in [0.1, 0.15) is 57.2 Å². The van der Waals surface area contributed by atoms with Crippen molar-refractivity contribution < 1.29 is 0 Å². The Bertz CT molecular complexity index is 410. The first-order valence-electron chi connectivity index (χ1n) is 7.56. The maximum Gasteiger partial charge on any atom is 0.129 e. The molecule has 1 aliphatic rings. The van der Waals surface area contributed by atoms with Gasteiger partial charge in [-0.05, 0) is 49.4 Å². The predicted octanol–water partition coefficient (Wildman–Crippen LogP) is 3.30. The van der Waals surface area contributed by atoms with Crippen molar-refractivity contribution in [2.75, 3.05) is 18.5 Å². The van der Waals surface area contributed by atoms with Crippen LogP contribution in [0.5, 0.6) is 0 Å². The van der Waals surface area contributed by atoms with E-state index in [1.54, 1.807) is 0 Å². The average Bonchev–Trinajstić information content (AvgIpc) is 2.33. The second-order valence-corrected chi connectivity index (χ2v) is 5.89. The molecule has 1 fully saturated rings. The van der Waals surface area contributed by atoms with Crippen molar-refractivity contribution in [2.45, 2.75) is 58.5 Å². The van der Waals surface area contributed by atoms with Gasteiger partial charge in [-0.25, -0.2) is 4.98 Å². The fraction of sp³-hybridized carbons (Fsp3) is 0.688. The van der Waals surface area contributed by atoms with Gasteiger partial charge in [0.05, 0.1) is 0 Å². The molecule has 1 heterocycles. The standard InChI is InChI=1S/C16H27N3/c1-5-17-11-13-9-15(12(2)3)18-16(10-13)19(4)14-7-6-8-14/h9-10,12,14,17H,5-8,11H2,1-4H3. The van der Waals surface area contributed by atoms with Gasteiger partial charge in [-0.1, -0.05) is 20.8 Å². The van der Waals surface area contributed by atoms with E-state index in [0.29, 0.717) is 12.0 Å². The molecule has 0 aromatic carbocycles. The fourth-order valence-corrected chi connectivity index (χ4v) is 2.40. The maximum absolute atomic E-state index is 4.84. The molecule has 0 atom stereocenters. The molecule has 2 rings (SSSR count). The van der Waals surface area contributed by atoms with Crippen LogP contribution in [-0.2, 0) is 6.54 Å². The largest absolute Gasteiger partial charge is 0.357 e. The molecule has 0 saturated heterocycles. The molecular formula is C16H27N3. The molecule has 0 radical (unpaired) electrons. The first kappa shape index (κ1) is 14.3. The lowest BCUT2D eigenvalue weighted by molar-refractivity contribution is 0.399. The number of hydrogen-bond acceptors (Lipinski definition) is 3. The van der Waals surface area contributed by atoms with E-state index in [-0.39, 0.29) is 0 Å². The molecule has 0 bridgehead atoms. The molecule has 19 heavy (non-hydrogen) atoms. The number of nitrogens with one attached hydrogen (secondary N) is 1. The van der Waals surface area contributed by atoms with Gasteiger partial charge in [-0.2, -0.15) is 0 Å². The molecule has 1 aromatic heterocycles. The molecule has 1 saturated carbocycles. The third-order valence-electron chi connectivity index (χ3n) is 4.05. The number of anilines is 1. The fourth-order valence-electron chi connectivity index (χ4n) is 2.40. The first-order valence-corrected chi connectivity index (χ1v) is 7.56. The Morgan fingerprint density at radius 1 is 1.37 bits per heavy atom. The lowest BCUT2D eigenvalue weighted by Gasteiger charge is -2.36. The Labute approximate surface area is 117 Å². The van der Waals surface area contributed by atoms with Crippen LogP contribution in [-0.4, -0.2) is 24.6 Å². The van der Waals surface area contributed by atoms with Gasteiger partial charge in [-0.3, -0.25) is 0 Å². The van der Waals surface area contributed by atoms with Crippen LogP contribution in [0.3, 0.4) is 0 Å². The first-order chi connectivity index (χ1) is 9.11. The predicted molar refractivity (Wildman–Crippen MR) is 81.7 cm³/mol. The average molecular weight is 261 g/mol. The third-order valence-corrected chi connectivity index (χ3v) is 4.05. The molecule has 0 unspecified atom stereocenters. The number of hydrogen-bond donors (Lipinski definition) is 1. The normalized spacial score (nSPS) is 15.6. The van der Waals surface area contributed by atoms with Crippen LogP contribution < -0.4 is 10.2 Å². The van der Waals surface area contributed by atoms with Crippen molar-refractivity contribution in [3.63, 3.8) is 0 Å². The highest BCUT2D eigenvalue weighted by Crippen LogP contribution is 2.28. The van der Waals surface area contributed by atoms with Crippen LogP contribution in [0.4, 0.5) is 5.82 Å². The van der Waals surface area contributed by atoms with Crippen molar-refractivity contribution in [1.29, 1.82) is 0 Å². The van der Waals surface area contributed by atoms with E-state index in [1.807, 2.05) is 0 Å². The van der Waals surface area contributed by atoms with Crippen LogP contribution in [0, 0.1) is 0 Å². The Balaban J connectivity index is 2.22. The lowest BCUT2D eigenvalue weighted by Crippen LogP contribution is -2.37. The van der Waals surface area contributed by atoms with Gasteiger partial charge in [0, 0.05) is 25.3 Å². The molecule has 0 spiro atoms. The Morgan fingerprint density at radius 2 is 2.11 bits per heavy atom. The quantitative estimate of drug-likeness (QED) is 0.851. The molecule has 106 valence electrons. The zero-order valence-electron chi connectivity index (χ0n) is 12.7. The minimum atomic E-state index is 0.482. The summed E-state index contributed by atoms with van der Waals surface area (Å²) in [5, 5.41) is 3.41. The molecule has 3 nitrogen and oxygen atoms in total. The molecule has 0 amide bonds. The van der Waals surface area contributed by atoms with Gasteiger partial charge in [0.25, 0.3) is 0 Å². The van der Waals surface area contributed by atoms with E-state index in [4.69, 9.17) is 4.98 Å². The van der Waals surface area contributed by atoms with Gasteiger partial charge in [-0.15, -0.1) is 0 Å². The molecule has 0 aliphatic heterocycles. The van der Waals surface area contributed by atoms with Crippen molar-refractivity contribution in [3.8, 4) is 0 Å². The van der Waals surface area contributed by atoms with Gasteiger partial charge in [0.1, 0.15) is 5.82 Å². The molecule has 3 heteroatoms. The molecule has 1 aliphatic carbocycles. The van der Waals surface area contributed by atoms with Gasteiger partial charge in [0.2, 0.25) is 0 Å². The number of pyridine rings is 1. The number of aromatic nitrogens is 1. The lowest BCUT2D eigenvalue weighted by atomic mass is 9.92. The van der Waals surface area contributed by atoms with Crippen LogP contribution in [0.2, 0.25) is 0 Å². The summed E-state index contributed by atoms with van der Waals surface area (Å²) in [5.74, 6) is 1.62. The third kappa shape index (κ3) is 3.47. The van der Waals surface area contributed by atoms with Crippen molar-refractivity contribution in [2.24, 2.45) is 0 Å². The van der Waals surface area contributed by atoms with E-state index < -0.39 is 0 Å². The zero-order valence-corrected chi connectivity index (χ0v) is 12.7. The van der Waals surface area contributed by atoms with Crippen molar-refractivity contribution >= 4 is 5.82 Å². The van der Waals surface area contributed by atoms with E-state index in [9.17, 15) is 0 Å². The molecule has 1 N–H and O–H groups in total. The monoisotopic (exact) mass is 261 g/mol. The van der Waals surface area contributed by atoms with Crippen LogP contribution in [0.15, 0.2) is 12.1 Å². The van der Waals surface area contributed by atoms with Crippen molar-refractivity contribution in [3.05, 3.63) is 23.4 Å². The molecule has 1 aromatic rings. The Hall–Kier alpha value is -1.09. The minimum Gasteiger partial charge on any atom is -0.357 e. The van der Waals surface area contributed by atoms with Gasteiger partial charge < -0.3 is 10.2 Å². The van der Waals surface area contributed by atoms with Crippen LogP contribution in [0.25, 0.3) is 0 Å². The van der Waals surface area contributed by atoms with Crippen molar-refractivity contribution in [1.82, 2.24) is 10.3 Å². The van der Waals surface area contributed by atoms with Crippen LogP contribution >= 0.6 is 0 Å². The second kappa shape index (κ2) is 6.38. The summed E-state index contributed by atoms with van der Waals surface area (Å²) in [7, 11) is 2.19. The summed E-state index contributed by atoms with van der Waals surface area (Å²) in [5.41, 5.74) is 2.55. The second-order valence-electron chi connectivity index (χ2n) is 5.89. The van der Waals surface area contributed by atoms with Gasteiger partial charge >= 0.3 is 0 Å². The highest BCUT2D eigenvalue weighted by atomic mass is 15.2. The van der Waals surface area contributed by atoms with E-state index >= 15 is 0 Å². The van der Waals surface area contributed by atoms with E-state index in [0.717, 1.165) is 18.9 Å². The zero-order chi connectivity index (χ0) is 13.8. The summed E-state index contributed by atoms with van der Waals surface area (Å²) >= 11 is 0. The SMILES string of the molecule is CCNCc1cc(C(C)C)nc(N(C)C2CCC2)c1. The summed E-state index contributed by atoms with van der Waals surface area (Å²) in [4.78, 5) is 7.21. The topological polar surface area (TPSA) is 28.2 Å². The number of nitrogens with zero attached hydrogens (tertiary/aromatic N) is 2. The number of rotatable bonds is 6. The highest BCUT2D eigenvalue weighted by Gasteiger charge is 2.23. The smallest absolute Gasteiger partial charge is 0.129 e. The van der Waals surface area contributed by atoms with E-state index in [2.05, 4.69) is 50.2 Å². The summed E-state index contributed by atoms with van der Waals surface area (Å²) in [6, 6.07) is 5.18. The summed E-state index contributed by atoms with van der Waals surface area (Å²) in [6.45, 7) is 8.52. The van der Waals surface area contributed by atoms with E-state index in [1.165, 1.54) is 30.5 Å². The Kier molecular flexibility index (Phi) is 4.81. The molecular weight excluding hydrogens is 234 g/mol. The Morgan fingerprint density at radius 3 is 2.63 bits per heavy atom. The van der Waals surface area contributed by atoms with Gasteiger partial charge in [0.15, 0.2) is 0 Å². The minimum absolute atomic E-state index is 0.482. The maximum atomic E-state index is 4.84.